The first-order chi connectivity index (χ1) is 14.2. The minimum atomic E-state index is 0.144. The van der Waals surface area contributed by atoms with Crippen LogP contribution < -0.4 is 4.90 Å². The van der Waals surface area contributed by atoms with Gasteiger partial charge in [0.1, 0.15) is 5.82 Å². The first kappa shape index (κ1) is 19.7. The van der Waals surface area contributed by atoms with Gasteiger partial charge in [-0.3, -0.25) is 4.79 Å². The van der Waals surface area contributed by atoms with Crippen LogP contribution in [-0.2, 0) is 11.3 Å². The molecule has 0 unspecified atom stereocenters. The molecule has 0 N–H and O–H groups in total. The van der Waals surface area contributed by atoms with Gasteiger partial charge < -0.3 is 9.47 Å². The van der Waals surface area contributed by atoms with E-state index < -0.39 is 0 Å². The zero-order valence-corrected chi connectivity index (χ0v) is 17.6. The van der Waals surface area contributed by atoms with Crippen molar-refractivity contribution in [1.29, 1.82) is 0 Å². The molecule has 1 aliphatic rings. The minimum absolute atomic E-state index is 0.144. The lowest BCUT2D eigenvalue weighted by Gasteiger charge is -2.19. The molecule has 2 aromatic carbocycles. The summed E-state index contributed by atoms with van der Waals surface area (Å²) in [5, 5.41) is 0. The normalized spacial score (nSPS) is 16.8. The van der Waals surface area contributed by atoms with Gasteiger partial charge in [0, 0.05) is 31.1 Å². The molecule has 1 aliphatic heterocycles. The summed E-state index contributed by atoms with van der Waals surface area (Å²) in [4.78, 5) is 19.8. The van der Waals surface area contributed by atoms with E-state index in [-0.39, 0.29) is 11.8 Å². The van der Waals surface area contributed by atoms with Gasteiger partial charge in [0.2, 0.25) is 5.91 Å². The first-order valence-electron chi connectivity index (χ1n) is 11.0. The molecule has 1 amide bonds. The average molecular weight is 390 g/mol. The number of imidazole rings is 1. The molecular formula is C25H31N3O. The third-order valence-corrected chi connectivity index (χ3v) is 6.07. The molecule has 4 rings (SSSR count). The third-order valence-electron chi connectivity index (χ3n) is 6.07. The number of carbonyl (C=O) groups is 1. The van der Waals surface area contributed by atoms with Gasteiger partial charge in [-0.25, -0.2) is 4.98 Å². The summed E-state index contributed by atoms with van der Waals surface area (Å²) in [5.74, 6) is 1.42. The second-order valence-corrected chi connectivity index (χ2v) is 8.22. The van der Waals surface area contributed by atoms with Crippen molar-refractivity contribution in [2.24, 2.45) is 0 Å². The highest BCUT2D eigenvalue weighted by molar-refractivity contribution is 5.97. The number of benzene rings is 2. The molecule has 0 aliphatic carbocycles. The predicted molar refractivity (Wildman–Crippen MR) is 119 cm³/mol. The van der Waals surface area contributed by atoms with Crippen LogP contribution in [0.1, 0.15) is 62.8 Å². The standard InChI is InChI=1S/C25H31N3O/c1-3-4-5-6-11-16-27-23-15-10-8-13-21(23)26-25(27)20-17-24(29)28(18-20)22-14-9-7-12-19(22)2/h7-10,12-15,20H,3-6,11,16-18H2,1-2H3/t20-/m0/s1. The first-order valence-corrected chi connectivity index (χ1v) is 11.0. The second-order valence-electron chi connectivity index (χ2n) is 8.22. The zero-order chi connectivity index (χ0) is 20.2. The van der Waals surface area contributed by atoms with Crippen LogP contribution in [0.25, 0.3) is 11.0 Å². The fraction of sp³-hybridized carbons (Fsp3) is 0.440. The van der Waals surface area contributed by atoms with Crippen LogP contribution >= 0.6 is 0 Å². The molecule has 4 nitrogen and oxygen atoms in total. The van der Waals surface area contributed by atoms with Crippen LogP contribution in [0.3, 0.4) is 0 Å². The summed E-state index contributed by atoms with van der Waals surface area (Å²) >= 11 is 0. The van der Waals surface area contributed by atoms with Crippen LogP contribution in [0.15, 0.2) is 48.5 Å². The van der Waals surface area contributed by atoms with E-state index in [9.17, 15) is 4.79 Å². The Kier molecular flexibility index (Phi) is 5.98. The molecular weight excluding hydrogens is 358 g/mol. The number of aryl methyl sites for hydroxylation is 2. The number of rotatable bonds is 8. The summed E-state index contributed by atoms with van der Waals surface area (Å²) in [6.07, 6.45) is 6.81. The molecule has 1 atom stereocenters. The van der Waals surface area contributed by atoms with Gasteiger partial charge in [0.25, 0.3) is 0 Å². The lowest BCUT2D eigenvalue weighted by atomic mass is 10.1. The topological polar surface area (TPSA) is 38.1 Å². The molecule has 2 heterocycles. The molecule has 29 heavy (non-hydrogen) atoms. The number of hydrogen-bond acceptors (Lipinski definition) is 2. The average Bonchev–Trinajstić information content (AvgIpc) is 3.29. The number of para-hydroxylation sites is 3. The Morgan fingerprint density at radius 1 is 1.00 bits per heavy atom. The lowest BCUT2D eigenvalue weighted by Crippen LogP contribution is -2.25. The fourth-order valence-corrected chi connectivity index (χ4v) is 4.49. The molecule has 152 valence electrons. The molecule has 0 saturated carbocycles. The van der Waals surface area contributed by atoms with Gasteiger partial charge >= 0.3 is 0 Å². The van der Waals surface area contributed by atoms with E-state index in [0.29, 0.717) is 13.0 Å². The monoisotopic (exact) mass is 389 g/mol. The predicted octanol–water partition coefficient (Wildman–Crippen LogP) is 5.84. The minimum Gasteiger partial charge on any atom is -0.328 e. The zero-order valence-electron chi connectivity index (χ0n) is 17.6. The van der Waals surface area contributed by atoms with Crippen LogP contribution in [0.4, 0.5) is 5.69 Å². The maximum Gasteiger partial charge on any atom is 0.227 e. The van der Waals surface area contributed by atoms with Crippen molar-refractivity contribution in [3.8, 4) is 0 Å². The van der Waals surface area contributed by atoms with Gasteiger partial charge in [-0.1, -0.05) is 62.9 Å². The number of hydrogen-bond donors (Lipinski definition) is 0. The third kappa shape index (κ3) is 4.07. The Hall–Kier alpha value is -2.62. The number of aromatic nitrogens is 2. The van der Waals surface area contributed by atoms with Crippen LogP contribution in [0, 0.1) is 6.92 Å². The Morgan fingerprint density at radius 2 is 1.76 bits per heavy atom. The Labute approximate surface area is 173 Å². The molecule has 0 radical (unpaired) electrons. The van der Waals surface area contributed by atoms with Gasteiger partial charge in [-0.15, -0.1) is 0 Å². The van der Waals surface area contributed by atoms with E-state index in [0.717, 1.165) is 35.6 Å². The van der Waals surface area contributed by atoms with Crippen molar-refractivity contribution in [1.82, 2.24) is 9.55 Å². The van der Waals surface area contributed by atoms with Crippen molar-refractivity contribution in [3.05, 3.63) is 59.9 Å². The van der Waals surface area contributed by atoms with E-state index in [1.54, 1.807) is 0 Å². The summed E-state index contributed by atoms with van der Waals surface area (Å²) in [7, 11) is 0. The summed E-state index contributed by atoms with van der Waals surface area (Å²) < 4.78 is 2.38. The van der Waals surface area contributed by atoms with E-state index in [4.69, 9.17) is 4.98 Å². The van der Waals surface area contributed by atoms with E-state index in [1.807, 2.05) is 29.2 Å². The van der Waals surface area contributed by atoms with Crippen molar-refractivity contribution in [2.75, 3.05) is 11.4 Å². The van der Waals surface area contributed by atoms with Crippen molar-refractivity contribution in [3.63, 3.8) is 0 Å². The highest BCUT2D eigenvalue weighted by Gasteiger charge is 2.35. The maximum absolute atomic E-state index is 12.9. The van der Waals surface area contributed by atoms with Gasteiger partial charge in [0.05, 0.1) is 11.0 Å². The fourth-order valence-electron chi connectivity index (χ4n) is 4.49. The lowest BCUT2D eigenvalue weighted by molar-refractivity contribution is -0.117. The summed E-state index contributed by atoms with van der Waals surface area (Å²) in [6.45, 7) is 6.01. The van der Waals surface area contributed by atoms with Gasteiger partial charge in [-0.05, 0) is 37.1 Å². The maximum atomic E-state index is 12.9. The number of fused-ring (bicyclic) bond motifs is 1. The number of carbonyl (C=O) groups excluding carboxylic acids is 1. The summed E-state index contributed by atoms with van der Waals surface area (Å²) in [5.41, 5.74) is 4.41. The molecule has 1 fully saturated rings. The van der Waals surface area contributed by atoms with Crippen LogP contribution in [0.5, 0.6) is 0 Å². The second kappa shape index (κ2) is 8.81. The van der Waals surface area contributed by atoms with Crippen molar-refractivity contribution < 1.29 is 4.79 Å². The van der Waals surface area contributed by atoms with Gasteiger partial charge in [0.15, 0.2) is 0 Å². The molecule has 0 bridgehead atoms. The Balaban J connectivity index is 1.59. The van der Waals surface area contributed by atoms with Crippen LogP contribution in [0.2, 0.25) is 0 Å². The largest absolute Gasteiger partial charge is 0.328 e. The van der Waals surface area contributed by atoms with Crippen molar-refractivity contribution in [2.45, 2.75) is 64.8 Å². The molecule has 4 heteroatoms. The van der Waals surface area contributed by atoms with Crippen LogP contribution in [-0.4, -0.2) is 22.0 Å². The van der Waals surface area contributed by atoms with E-state index in [1.165, 1.54) is 31.2 Å². The quantitative estimate of drug-likeness (QED) is 0.454. The number of anilines is 1. The van der Waals surface area contributed by atoms with Crippen molar-refractivity contribution >= 4 is 22.6 Å². The summed E-state index contributed by atoms with van der Waals surface area (Å²) in [6, 6.07) is 16.5. The van der Waals surface area contributed by atoms with Gasteiger partial charge in [-0.2, -0.15) is 0 Å². The number of unbranched alkanes of at least 4 members (excludes halogenated alkanes) is 4. The highest BCUT2D eigenvalue weighted by atomic mass is 16.2. The molecule has 1 saturated heterocycles. The molecule has 0 spiro atoms. The highest BCUT2D eigenvalue weighted by Crippen LogP contribution is 2.34. The smallest absolute Gasteiger partial charge is 0.227 e. The Morgan fingerprint density at radius 3 is 2.59 bits per heavy atom. The Bertz CT molecular complexity index is 991. The number of amides is 1. The molecule has 3 aromatic rings. The molecule has 1 aromatic heterocycles. The van der Waals surface area contributed by atoms with E-state index >= 15 is 0 Å². The number of nitrogens with zero attached hydrogens (tertiary/aromatic N) is 3. The van der Waals surface area contributed by atoms with E-state index in [2.05, 4.69) is 42.7 Å². The SMILES string of the molecule is CCCCCCCn1c([C@H]2CC(=O)N(c3ccccc3C)C2)nc2ccccc21.